The lowest BCUT2D eigenvalue weighted by Gasteiger charge is -2.51. The van der Waals surface area contributed by atoms with Gasteiger partial charge in [0.1, 0.15) is 11.6 Å². The molecule has 2 atom stereocenters. The Bertz CT molecular complexity index is 1140. The van der Waals surface area contributed by atoms with Crippen LogP contribution in [0.25, 0.3) is 11.1 Å². The third-order valence-corrected chi connectivity index (χ3v) is 8.30. The van der Waals surface area contributed by atoms with Crippen LogP contribution in [0, 0.1) is 17.2 Å². The number of piperidine rings is 3. The molecule has 3 saturated heterocycles. The van der Waals surface area contributed by atoms with E-state index in [0.717, 1.165) is 43.6 Å². The number of halogens is 2. The van der Waals surface area contributed by atoms with Crippen LogP contribution in [-0.2, 0) is 6.42 Å². The van der Waals surface area contributed by atoms with Crippen LogP contribution in [0.1, 0.15) is 57.7 Å². The number of carbonyl (C=O) groups is 1. The highest BCUT2D eigenvalue weighted by atomic mass is 35.5. The zero-order valence-electron chi connectivity index (χ0n) is 20.9. The largest absolute Gasteiger partial charge is 0.491 e. The van der Waals surface area contributed by atoms with Gasteiger partial charge in [-0.2, -0.15) is 0 Å². The average Bonchev–Trinajstić information content (AvgIpc) is 3.03. The van der Waals surface area contributed by atoms with Gasteiger partial charge in [0.25, 0.3) is 0 Å². The highest BCUT2D eigenvalue weighted by Crippen LogP contribution is 2.52. The minimum Gasteiger partial charge on any atom is -0.491 e. The SMILES string of the molecule is CC(C)Oc1ccc(-c2cc3c(cc2F)[C@H](N(C(=O)O)[C@@H]2CN4CCC2CC4)C(C)(C)C3)c(Cl)c1. The lowest BCUT2D eigenvalue weighted by atomic mass is 9.79. The molecule has 7 heteroatoms. The molecule has 4 aliphatic rings. The van der Waals surface area contributed by atoms with Crippen LogP contribution in [0.2, 0.25) is 5.02 Å². The number of carboxylic acid groups (broad SMARTS) is 1. The number of amides is 1. The number of hydrogen-bond donors (Lipinski definition) is 1. The van der Waals surface area contributed by atoms with Crippen molar-refractivity contribution in [3.8, 4) is 16.9 Å². The van der Waals surface area contributed by atoms with Crippen molar-refractivity contribution in [3.63, 3.8) is 0 Å². The summed E-state index contributed by atoms with van der Waals surface area (Å²) in [6, 6.07) is 8.29. The van der Waals surface area contributed by atoms with E-state index in [4.69, 9.17) is 16.3 Å². The van der Waals surface area contributed by atoms with Gasteiger partial charge in [0.2, 0.25) is 0 Å². The Labute approximate surface area is 211 Å². The fourth-order valence-corrected chi connectivity index (χ4v) is 6.81. The van der Waals surface area contributed by atoms with Crippen LogP contribution in [0.15, 0.2) is 30.3 Å². The Morgan fingerprint density at radius 2 is 1.91 bits per heavy atom. The van der Waals surface area contributed by atoms with Gasteiger partial charge in [-0.1, -0.05) is 25.4 Å². The molecule has 2 aromatic carbocycles. The number of fused-ring (bicyclic) bond motifs is 4. The molecule has 1 aliphatic carbocycles. The van der Waals surface area contributed by atoms with Gasteiger partial charge >= 0.3 is 6.09 Å². The lowest BCUT2D eigenvalue weighted by molar-refractivity contribution is -0.0267. The molecule has 3 aliphatic heterocycles. The molecule has 1 N–H and O–H groups in total. The summed E-state index contributed by atoms with van der Waals surface area (Å²) in [6.07, 6.45) is 1.83. The van der Waals surface area contributed by atoms with E-state index in [1.165, 1.54) is 0 Å². The van der Waals surface area contributed by atoms with Crippen molar-refractivity contribution in [2.45, 2.75) is 65.1 Å². The molecule has 0 radical (unpaired) electrons. The highest BCUT2D eigenvalue weighted by molar-refractivity contribution is 6.33. The van der Waals surface area contributed by atoms with Crippen LogP contribution in [0.3, 0.4) is 0 Å². The molecule has 3 heterocycles. The predicted molar refractivity (Wildman–Crippen MR) is 136 cm³/mol. The monoisotopic (exact) mass is 500 g/mol. The first-order chi connectivity index (χ1) is 16.5. The van der Waals surface area contributed by atoms with E-state index >= 15 is 4.39 Å². The summed E-state index contributed by atoms with van der Waals surface area (Å²) in [5.41, 5.74) is 2.47. The number of benzene rings is 2. The average molecular weight is 501 g/mol. The fraction of sp³-hybridized carbons (Fsp3) is 0.536. The minimum atomic E-state index is -0.914. The summed E-state index contributed by atoms with van der Waals surface area (Å²) in [4.78, 5) is 16.7. The molecule has 188 valence electrons. The number of hydrogen-bond acceptors (Lipinski definition) is 3. The molecule has 0 saturated carbocycles. The molecular formula is C28H34ClFN2O3. The summed E-state index contributed by atoms with van der Waals surface area (Å²) in [6.45, 7) is 10.9. The minimum absolute atomic E-state index is 0.0150. The number of rotatable bonds is 5. The van der Waals surface area contributed by atoms with E-state index in [2.05, 4.69) is 18.7 Å². The van der Waals surface area contributed by atoms with Crippen molar-refractivity contribution >= 4 is 17.7 Å². The second kappa shape index (κ2) is 8.97. The maximum atomic E-state index is 15.6. The van der Waals surface area contributed by atoms with Gasteiger partial charge in [-0.15, -0.1) is 0 Å². The first kappa shape index (κ1) is 24.4. The number of nitrogens with zero attached hydrogens (tertiary/aromatic N) is 2. The Morgan fingerprint density at radius 3 is 2.49 bits per heavy atom. The van der Waals surface area contributed by atoms with Crippen molar-refractivity contribution in [2.75, 3.05) is 19.6 Å². The summed E-state index contributed by atoms with van der Waals surface area (Å²) in [5, 5.41) is 10.8. The van der Waals surface area contributed by atoms with Crippen LogP contribution >= 0.6 is 11.6 Å². The van der Waals surface area contributed by atoms with Gasteiger partial charge in [0.15, 0.2) is 0 Å². The maximum absolute atomic E-state index is 15.6. The summed E-state index contributed by atoms with van der Waals surface area (Å²) >= 11 is 6.55. The Balaban J connectivity index is 1.53. The van der Waals surface area contributed by atoms with Crippen molar-refractivity contribution in [1.82, 2.24) is 9.80 Å². The lowest BCUT2D eigenvalue weighted by Crippen LogP contribution is -2.60. The second-order valence-electron chi connectivity index (χ2n) is 11.3. The number of ether oxygens (including phenoxy) is 1. The third kappa shape index (κ3) is 4.40. The van der Waals surface area contributed by atoms with Crippen LogP contribution in [0.5, 0.6) is 5.75 Å². The smallest absolute Gasteiger partial charge is 0.408 e. The van der Waals surface area contributed by atoms with Gasteiger partial charge in [-0.05, 0) is 99.0 Å². The molecule has 2 aromatic rings. The maximum Gasteiger partial charge on any atom is 0.408 e. The molecule has 0 unspecified atom stereocenters. The Kier molecular flexibility index (Phi) is 6.25. The zero-order chi connectivity index (χ0) is 25.1. The van der Waals surface area contributed by atoms with Crippen molar-refractivity contribution < 1.29 is 19.0 Å². The van der Waals surface area contributed by atoms with E-state index in [1.54, 1.807) is 29.2 Å². The third-order valence-electron chi connectivity index (χ3n) is 7.99. The molecule has 3 fully saturated rings. The topological polar surface area (TPSA) is 53.0 Å². The molecule has 0 aromatic heterocycles. The van der Waals surface area contributed by atoms with Gasteiger partial charge in [-0.25, -0.2) is 9.18 Å². The van der Waals surface area contributed by atoms with Gasteiger partial charge < -0.3 is 14.7 Å². The molecular weight excluding hydrogens is 467 g/mol. The second-order valence-corrected chi connectivity index (χ2v) is 11.7. The molecule has 2 bridgehead atoms. The van der Waals surface area contributed by atoms with Crippen molar-refractivity contribution in [2.24, 2.45) is 11.3 Å². The zero-order valence-corrected chi connectivity index (χ0v) is 21.6. The van der Waals surface area contributed by atoms with E-state index in [1.807, 2.05) is 19.9 Å². The highest BCUT2D eigenvalue weighted by Gasteiger charge is 2.50. The summed E-state index contributed by atoms with van der Waals surface area (Å²) in [7, 11) is 0. The predicted octanol–water partition coefficient (Wildman–Crippen LogP) is 6.63. The fourth-order valence-electron chi connectivity index (χ4n) is 6.53. The summed E-state index contributed by atoms with van der Waals surface area (Å²) < 4.78 is 21.4. The Hall–Kier alpha value is -2.31. The van der Waals surface area contributed by atoms with Gasteiger partial charge in [-0.3, -0.25) is 4.90 Å². The van der Waals surface area contributed by atoms with Crippen LogP contribution in [-0.4, -0.2) is 52.8 Å². The quantitative estimate of drug-likeness (QED) is 0.500. The standard InChI is InChI=1S/C28H34ClFN2O3/c1-16(2)35-19-5-6-20(23(29)12-19)22-11-18-14-28(3,4)26(21(18)13-24(22)30)32(27(33)34)25-15-31-9-7-17(25)8-10-31/h5-6,11-13,16-17,25-26H,7-10,14-15H2,1-4H3,(H,33,34)/t25-,26+/m1/s1. The molecule has 0 spiro atoms. The molecule has 1 amide bonds. The van der Waals surface area contributed by atoms with E-state index in [-0.39, 0.29) is 29.4 Å². The molecule has 35 heavy (non-hydrogen) atoms. The first-order valence-electron chi connectivity index (χ1n) is 12.6. The van der Waals surface area contributed by atoms with Gasteiger partial charge in [0.05, 0.1) is 23.2 Å². The van der Waals surface area contributed by atoms with E-state index < -0.39 is 6.09 Å². The Morgan fingerprint density at radius 1 is 1.20 bits per heavy atom. The van der Waals surface area contributed by atoms with E-state index in [0.29, 0.717) is 34.2 Å². The van der Waals surface area contributed by atoms with Crippen LogP contribution < -0.4 is 4.74 Å². The normalized spacial score (nSPS) is 26.6. The van der Waals surface area contributed by atoms with Gasteiger partial charge in [0, 0.05) is 17.7 Å². The van der Waals surface area contributed by atoms with Crippen molar-refractivity contribution in [3.05, 3.63) is 52.3 Å². The first-order valence-corrected chi connectivity index (χ1v) is 13.0. The molecule has 6 rings (SSSR count). The van der Waals surface area contributed by atoms with E-state index in [9.17, 15) is 9.90 Å². The molecule has 5 nitrogen and oxygen atoms in total. The van der Waals surface area contributed by atoms with Crippen molar-refractivity contribution in [1.29, 1.82) is 0 Å². The van der Waals surface area contributed by atoms with Crippen LogP contribution in [0.4, 0.5) is 9.18 Å². The summed E-state index contributed by atoms with van der Waals surface area (Å²) in [5.74, 6) is 0.627.